The third-order valence-electron chi connectivity index (χ3n) is 6.79. The van der Waals surface area contributed by atoms with Gasteiger partial charge in [0.2, 0.25) is 7.98 Å². The van der Waals surface area contributed by atoms with Crippen molar-refractivity contribution in [3.63, 3.8) is 0 Å². The molecule has 0 fully saturated rings. The highest BCUT2D eigenvalue weighted by Gasteiger charge is 2.24. The second-order valence-corrected chi connectivity index (χ2v) is 9.69. The zero-order valence-electron chi connectivity index (χ0n) is 21.2. The quantitative estimate of drug-likeness (QED) is 0.240. The first kappa shape index (κ1) is 23.0. The summed E-state index contributed by atoms with van der Waals surface area (Å²) in [5.41, 5.74) is 11.7. The van der Waals surface area contributed by atoms with Gasteiger partial charge in [-0.05, 0) is 38.0 Å². The maximum atomic E-state index is 6.77. The fourth-order valence-corrected chi connectivity index (χ4v) is 5.03. The fourth-order valence-electron chi connectivity index (χ4n) is 5.03. The highest BCUT2D eigenvalue weighted by Crippen LogP contribution is 2.39. The SMILES string of the molecule is [B]n1c(-c2ccccc2)cc(-c2cc(C)cc(C)c2)c1/N=C1\N=C(c2ccc(C)cc2)c2ccccc21. The molecule has 3 nitrogen and oxygen atoms in total. The normalized spacial score (nSPS) is 13.6. The van der Waals surface area contributed by atoms with E-state index in [9.17, 15) is 0 Å². The topological polar surface area (TPSA) is 29.6 Å². The van der Waals surface area contributed by atoms with Gasteiger partial charge in [0.1, 0.15) is 5.82 Å². The number of hydrogen-bond donors (Lipinski definition) is 0. The van der Waals surface area contributed by atoms with Crippen molar-refractivity contribution in [1.82, 2.24) is 4.48 Å². The van der Waals surface area contributed by atoms with E-state index >= 15 is 0 Å². The van der Waals surface area contributed by atoms with Crippen molar-refractivity contribution in [2.75, 3.05) is 0 Å². The standard InChI is InChI=1S/C33H26BN3/c1-21-13-15-25(16-14-21)31-27-11-7-8-12-28(27)32(35-31)36-33-29(26-18-22(2)17-23(3)19-26)20-30(37(33)34)24-9-5-4-6-10-24/h4-20H,1-3H3/b36-32-. The van der Waals surface area contributed by atoms with Gasteiger partial charge in [-0.15, -0.1) is 0 Å². The molecule has 1 aromatic heterocycles. The van der Waals surface area contributed by atoms with E-state index in [4.69, 9.17) is 18.0 Å². The Balaban J connectivity index is 1.58. The van der Waals surface area contributed by atoms with Crippen LogP contribution in [-0.2, 0) is 0 Å². The molecule has 176 valence electrons. The molecule has 2 heterocycles. The second kappa shape index (κ2) is 9.22. The van der Waals surface area contributed by atoms with Crippen molar-refractivity contribution in [3.8, 4) is 22.4 Å². The Bertz CT molecular complexity index is 1670. The lowest BCUT2D eigenvalue weighted by Crippen LogP contribution is -2.00. The van der Waals surface area contributed by atoms with Crippen LogP contribution in [-0.4, -0.2) is 24.0 Å². The van der Waals surface area contributed by atoms with Gasteiger partial charge >= 0.3 is 0 Å². The third-order valence-corrected chi connectivity index (χ3v) is 6.79. The van der Waals surface area contributed by atoms with E-state index in [0.29, 0.717) is 11.7 Å². The van der Waals surface area contributed by atoms with Gasteiger partial charge in [0, 0.05) is 27.9 Å². The minimum Gasteiger partial charge on any atom is -0.382 e. The monoisotopic (exact) mass is 475 g/mol. The van der Waals surface area contributed by atoms with Crippen molar-refractivity contribution in [3.05, 3.63) is 137 Å². The number of hydrogen-bond acceptors (Lipinski definition) is 1. The van der Waals surface area contributed by atoms with Crippen molar-refractivity contribution in [2.24, 2.45) is 9.98 Å². The third kappa shape index (κ3) is 4.25. The average molecular weight is 475 g/mol. The van der Waals surface area contributed by atoms with E-state index in [2.05, 4.69) is 93.6 Å². The van der Waals surface area contributed by atoms with Crippen LogP contribution in [0.2, 0.25) is 0 Å². The van der Waals surface area contributed by atoms with Crippen LogP contribution in [0.4, 0.5) is 5.82 Å². The molecule has 0 amide bonds. The van der Waals surface area contributed by atoms with Crippen LogP contribution >= 0.6 is 0 Å². The largest absolute Gasteiger partial charge is 0.382 e. The molecule has 0 atom stereocenters. The van der Waals surface area contributed by atoms with Crippen LogP contribution in [0.25, 0.3) is 22.4 Å². The Labute approximate surface area is 219 Å². The Hall–Kier alpha value is -4.44. The summed E-state index contributed by atoms with van der Waals surface area (Å²) < 4.78 is 1.69. The number of benzene rings is 4. The van der Waals surface area contributed by atoms with E-state index < -0.39 is 0 Å². The predicted molar refractivity (Wildman–Crippen MR) is 155 cm³/mol. The molecule has 6 rings (SSSR count). The van der Waals surface area contributed by atoms with Gasteiger partial charge in [-0.2, -0.15) is 0 Å². The van der Waals surface area contributed by atoms with Gasteiger partial charge in [-0.3, -0.25) is 0 Å². The molecule has 4 heteroatoms. The molecule has 4 aromatic carbocycles. The summed E-state index contributed by atoms with van der Waals surface area (Å²) in [6.07, 6.45) is 0. The summed E-state index contributed by atoms with van der Waals surface area (Å²) in [7, 11) is 6.77. The number of fused-ring (bicyclic) bond motifs is 1. The average Bonchev–Trinajstić information content (AvgIpc) is 3.43. The Morgan fingerprint density at radius 3 is 1.95 bits per heavy atom. The van der Waals surface area contributed by atoms with Crippen LogP contribution in [0, 0.1) is 20.8 Å². The highest BCUT2D eigenvalue weighted by molar-refractivity contribution is 6.29. The summed E-state index contributed by atoms with van der Waals surface area (Å²) in [6, 6.07) is 35.6. The van der Waals surface area contributed by atoms with E-state index in [0.717, 1.165) is 44.8 Å². The molecule has 37 heavy (non-hydrogen) atoms. The van der Waals surface area contributed by atoms with Crippen LogP contribution < -0.4 is 0 Å². The van der Waals surface area contributed by atoms with E-state index in [1.54, 1.807) is 4.48 Å². The van der Waals surface area contributed by atoms with Gasteiger partial charge in [0.25, 0.3) is 0 Å². The maximum absolute atomic E-state index is 6.77. The van der Waals surface area contributed by atoms with Crippen LogP contribution in [0.15, 0.2) is 113 Å². The van der Waals surface area contributed by atoms with Crippen LogP contribution in [0.1, 0.15) is 33.4 Å². The molecule has 0 aliphatic carbocycles. The van der Waals surface area contributed by atoms with Crippen molar-refractivity contribution < 1.29 is 0 Å². The smallest absolute Gasteiger partial charge is 0.236 e. The van der Waals surface area contributed by atoms with Gasteiger partial charge in [-0.25, -0.2) is 9.98 Å². The lowest BCUT2D eigenvalue weighted by atomic mass is 9.99. The van der Waals surface area contributed by atoms with Crippen LogP contribution in [0.3, 0.4) is 0 Å². The molecule has 2 radical (unpaired) electrons. The minimum atomic E-state index is 0.668. The van der Waals surface area contributed by atoms with E-state index in [1.165, 1.54) is 16.7 Å². The van der Waals surface area contributed by atoms with Gasteiger partial charge in [-0.1, -0.05) is 114 Å². The summed E-state index contributed by atoms with van der Waals surface area (Å²) in [5, 5.41) is 0. The first-order valence-electron chi connectivity index (χ1n) is 12.5. The number of amidine groups is 1. The highest BCUT2D eigenvalue weighted by atomic mass is 15.1. The van der Waals surface area contributed by atoms with Crippen molar-refractivity contribution in [1.29, 1.82) is 0 Å². The summed E-state index contributed by atoms with van der Waals surface area (Å²) in [5.74, 6) is 1.35. The molecule has 0 saturated heterocycles. The first-order chi connectivity index (χ1) is 18.0. The molecular weight excluding hydrogens is 449 g/mol. The number of rotatable bonds is 4. The van der Waals surface area contributed by atoms with Crippen molar-refractivity contribution in [2.45, 2.75) is 20.8 Å². The van der Waals surface area contributed by atoms with Gasteiger partial charge in [0.15, 0.2) is 5.84 Å². The Morgan fingerprint density at radius 1 is 0.595 bits per heavy atom. The Morgan fingerprint density at radius 2 is 1.24 bits per heavy atom. The van der Waals surface area contributed by atoms with Crippen molar-refractivity contribution >= 4 is 25.3 Å². The molecule has 1 aliphatic heterocycles. The fraction of sp³-hybridized carbons (Fsp3) is 0.0909. The predicted octanol–water partition coefficient (Wildman–Crippen LogP) is 7.61. The first-order valence-corrected chi connectivity index (χ1v) is 12.5. The number of aliphatic imine (C=N–C) groups is 2. The molecule has 0 N–H and O–H groups in total. The summed E-state index contributed by atoms with van der Waals surface area (Å²) in [4.78, 5) is 10.2. The molecule has 0 unspecified atom stereocenters. The molecule has 1 aliphatic rings. The second-order valence-electron chi connectivity index (χ2n) is 9.69. The number of nitrogens with zero attached hydrogens (tertiary/aromatic N) is 3. The Kier molecular flexibility index (Phi) is 5.73. The lowest BCUT2D eigenvalue weighted by molar-refractivity contribution is 1.22. The number of aromatic nitrogens is 1. The summed E-state index contributed by atoms with van der Waals surface area (Å²) in [6.45, 7) is 6.32. The lowest BCUT2D eigenvalue weighted by Gasteiger charge is -2.08. The molecule has 0 saturated carbocycles. The molecule has 5 aromatic rings. The van der Waals surface area contributed by atoms with E-state index in [-0.39, 0.29) is 0 Å². The summed E-state index contributed by atoms with van der Waals surface area (Å²) >= 11 is 0. The zero-order chi connectivity index (χ0) is 25.5. The van der Waals surface area contributed by atoms with Crippen LogP contribution in [0.5, 0.6) is 0 Å². The van der Waals surface area contributed by atoms with Gasteiger partial charge in [0.05, 0.1) is 5.71 Å². The molecular formula is C33H26BN3. The van der Waals surface area contributed by atoms with Gasteiger partial charge < -0.3 is 4.48 Å². The zero-order valence-corrected chi connectivity index (χ0v) is 21.2. The molecule has 0 spiro atoms. The molecule has 0 bridgehead atoms. The number of aryl methyl sites for hydroxylation is 3. The maximum Gasteiger partial charge on any atom is 0.236 e. The minimum absolute atomic E-state index is 0.668. The van der Waals surface area contributed by atoms with E-state index in [1.807, 2.05) is 30.3 Å².